The lowest BCUT2D eigenvalue weighted by molar-refractivity contribution is -0.133. The van der Waals surface area contributed by atoms with Crippen molar-refractivity contribution in [3.8, 4) is 0 Å². The summed E-state index contributed by atoms with van der Waals surface area (Å²) >= 11 is 1.46. The van der Waals surface area contributed by atoms with E-state index < -0.39 is 15.9 Å². The van der Waals surface area contributed by atoms with Gasteiger partial charge in [0.1, 0.15) is 0 Å². The molecule has 1 atom stereocenters. The van der Waals surface area contributed by atoms with E-state index in [9.17, 15) is 18.0 Å². The Hall–Kier alpha value is -2.52. The molecule has 0 aromatic heterocycles. The van der Waals surface area contributed by atoms with Crippen molar-refractivity contribution < 1.29 is 18.0 Å². The molecule has 0 radical (unpaired) electrons. The Bertz CT molecular complexity index is 1110. The van der Waals surface area contributed by atoms with Crippen molar-refractivity contribution in [2.24, 2.45) is 5.92 Å². The van der Waals surface area contributed by atoms with Crippen LogP contribution < -0.4 is 10.0 Å². The van der Waals surface area contributed by atoms with Gasteiger partial charge in [0.05, 0.1) is 16.5 Å². The van der Waals surface area contributed by atoms with Crippen LogP contribution in [0.3, 0.4) is 0 Å². The zero-order valence-electron chi connectivity index (χ0n) is 18.0. The zero-order valence-corrected chi connectivity index (χ0v) is 19.6. The van der Waals surface area contributed by atoms with E-state index in [-0.39, 0.29) is 23.1 Å². The van der Waals surface area contributed by atoms with E-state index in [4.69, 9.17) is 0 Å². The average Bonchev–Trinajstić information content (AvgIpc) is 3.27. The number of carbonyl (C=O) groups is 2. The van der Waals surface area contributed by atoms with Crippen LogP contribution in [0.25, 0.3) is 0 Å². The Kier molecular flexibility index (Phi) is 6.76. The SMILES string of the molecule is CCc1ccc(NS(=O)(=O)c2ccc3c(c2)NC(=O)C(CC(=O)N2CCCC2)CS3)cc1. The van der Waals surface area contributed by atoms with Gasteiger partial charge in [-0.3, -0.25) is 14.3 Å². The van der Waals surface area contributed by atoms with E-state index in [0.717, 1.165) is 42.8 Å². The predicted molar refractivity (Wildman–Crippen MR) is 126 cm³/mol. The maximum Gasteiger partial charge on any atom is 0.261 e. The van der Waals surface area contributed by atoms with Crippen LogP contribution in [-0.4, -0.2) is 44.0 Å². The lowest BCUT2D eigenvalue weighted by Crippen LogP contribution is -2.33. The third-order valence-corrected chi connectivity index (χ3v) is 8.44. The molecule has 1 saturated heterocycles. The van der Waals surface area contributed by atoms with Crippen molar-refractivity contribution in [2.75, 3.05) is 28.9 Å². The van der Waals surface area contributed by atoms with Crippen LogP contribution >= 0.6 is 11.8 Å². The number of anilines is 2. The van der Waals surface area contributed by atoms with E-state index >= 15 is 0 Å². The fraction of sp³-hybridized carbons (Fsp3) is 0.391. The first kappa shape index (κ1) is 22.7. The molecule has 2 heterocycles. The highest BCUT2D eigenvalue weighted by molar-refractivity contribution is 7.99. The number of fused-ring (bicyclic) bond motifs is 1. The summed E-state index contributed by atoms with van der Waals surface area (Å²) in [5.74, 6) is -0.208. The smallest absolute Gasteiger partial charge is 0.261 e. The third kappa shape index (κ3) is 5.10. The standard InChI is InChI=1S/C23H27N3O4S2/c1-2-16-5-7-18(8-6-16)25-32(29,30)19-9-10-21-20(14-19)24-23(28)17(15-31-21)13-22(27)26-11-3-4-12-26/h5-10,14,17,25H,2-4,11-13,15H2,1H3,(H,24,28). The highest BCUT2D eigenvalue weighted by atomic mass is 32.2. The molecule has 0 aliphatic carbocycles. The molecule has 32 heavy (non-hydrogen) atoms. The lowest BCUT2D eigenvalue weighted by atomic mass is 10.1. The number of amides is 2. The Morgan fingerprint density at radius 1 is 1.16 bits per heavy atom. The number of sulfonamides is 1. The Morgan fingerprint density at radius 3 is 2.56 bits per heavy atom. The summed E-state index contributed by atoms with van der Waals surface area (Å²) in [5, 5.41) is 2.84. The summed E-state index contributed by atoms with van der Waals surface area (Å²) in [5.41, 5.74) is 2.06. The summed E-state index contributed by atoms with van der Waals surface area (Å²) in [6.07, 6.45) is 3.07. The molecule has 2 aliphatic heterocycles. The Labute approximate surface area is 193 Å². The molecule has 1 unspecified atom stereocenters. The third-order valence-electron chi connectivity index (χ3n) is 5.82. The topological polar surface area (TPSA) is 95.6 Å². The van der Waals surface area contributed by atoms with Crippen molar-refractivity contribution in [1.82, 2.24) is 4.90 Å². The summed E-state index contributed by atoms with van der Waals surface area (Å²) < 4.78 is 28.4. The van der Waals surface area contributed by atoms with Crippen LogP contribution in [0.4, 0.5) is 11.4 Å². The van der Waals surface area contributed by atoms with Crippen molar-refractivity contribution >= 4 is 45.0 Å². The molecule has 2 N–H and O–H groups in total. The number of benzene rings is 2. The van der Waals surface area contributed by atoms with Gasteiger partial charge in [0.25, 0.3) is 10.0 Å². The number of hydrogen-bond donors (Lipinski definition) is 2. The quantitative estimate of drug-likeness (QED) is 0.667. The largest absolute Gasteiger partial charge is 0.343 e. The maximum atomic E-state index is 12.9. The molecular weight excluding hydrogens is 446 g/mol. The van der Waals surface area contributed by atoms with Gasteiger partial charge in [0.2, 0.25) is 11.8 Å². The van der Waals surface area contributed by atoms with Gasteiger partial charge >= 0.3 is 0 Å². The first-order valence-electron chi connectivity index (χ1n) is 10.8. The summed E-state index contributed by atoms with van der Waals surface area (Å²) in [4.78, 5) is 28.0. The van der Waals surface area contributed by atoms with Crippen LogP contribution in [0.15, 0.2) is 52.3 Å². The number of hydrogen-bond acceptors (Lipinski definition) is 5. The minimum absolute atomic E-state index is 0.00997. The van der Waals surface area contributed by atoms with Crippen molar-refractivity contribution in [3.63, 3.8) is 0 Å². The number of thioether (sulfide) groups is 1. The number of aryl methyl sites for hydroxylation is 1. The zero-order chi connectivity index (χ0) is 22.7. The highest BCUT2D eigenvalue weighted by Crippen LogP contribution is 2.35. The molecule has 2 amide bonds. The fourth-order valence-corrected chi connectivity index (χ4v) is 6.05. The van der Waals surface area contributed by atoms with Crippen molar-refractivity contribution in [3.05, 3.63) is 48.0 Å². The second kappa shape index (κ2) is 9.54. The first-order valence-corrected chi connectivity index (χ1v) is 13.3. The Balaban J connectivity index is 1.48. The number of rotatable bonds is 6. The van der Waals surface area contributed by atoms with E-state index in [0.29, 0.717) is 17.1 Å². The second-order valence-corrected chi connectivity index (χ2v) is 10.8. The molecule has 2 aliphatic rings. The molecule has 2 aromatic carbocycles. The van der Waals surface area contributed by atoms with Gasteiger partial charge in [-0.15, -0.1) is 11.8 Å². The minimum Gasteiger partial charge on any atom is -0.343 e. The van der Waals surface area contributed by atoms with Gasteiger partial charge in [-0.25, -0.2) is 8.42 Å². The number of nitrogens with one attached hydrogen (secondary N) is 2. The predicted octanol–water partition coefficient (Wildman–Crippen LogP) is 3.72. The van der Waals surface area contributed by atoms with Crippen molar-refractivity contribution in [1.29, 1.82) is 0 Å². The molecule has 0 saturated carbocycles. The molecule has 0 bridgehead atoms. The number of carbonyl (C=O) groups excluding carboxylic acids is 2. The van der Waals surface area contributed by atoms with Crippen LogP contribution in [0.1, 0.15) is 31.7 Å². The maximum absolute atomic E-state index is 12.9. The molecule has 4 rings (SSSR count). The molecular formula is C23H27N3O4S2. The van der Waals surface area contributed by atoms with Crippen LogP contribution in [-0.2, 0) is 26.0 Å². The van der Waals surface area contributed by atoms with Crippen LogP contribution in [0.5, 0.6) is 0 Å². The second-order valence-electron chi connectivity index (χ2n) is 8.10. The minimum atomic E-state index is -3.81. The molecule has 1 fully saturated rings. The summed E-state index contributed by atoms with van der Waals surface area (Å²) in [6.45, 7) is 3.56. The van der Waals surface area contributed by atoms with Gasteiger partial charge in [0.15, 0.2) is 0 Å². The molecule has 2 aromatic rings. The Morgan fingerprint density at radius 2 is 1.88 bits per heavy atom. The monoisotopic (exact) mass is 473 g/mol. The molecule has 170 valence electrons. The van der Waals surface area contributed by atoms with Gasteiger partial charge in [0, 0.05) is 35.8 Å². The van der Waals surface area contributed by atoms with E-state index in [1.807, 2.05) is 24.0 Å². The number of nitrogens with zero attached hydrogens (tertiary/aromatic N) is 1. The van der Waals surface area contributed by atoms with Gasteiger partial charge < -0.3 is 10.2 Å². The lowest BCUT2D eigenvalue weighted by Gasteiger charge is -2.18. The van der Waals surface area contributed by atoms with Gasteiger partial charge in [-0.05, 0) is 55.2 Å². The van der Waals surface area contributed by atoms with Gasteiger partial charge in [-0.1, -0.05) is 19.1 Å². The highest BCUT2D eigenvalue weighted by Gasteiger charge is 2.30. The first-order chi connectivity index (χ1) is 15.4. The van der Waals surface area contributed by atoms with E-state index in [1.54, 1.807) is 18.2 Å². The normalized spacial score (nSPS) is 18.6. The van der Waals surface area contributed by atoms with Crippen LogP contribution in [0, 0.1) is 5.92 Å². The van der Waals surface area contributed by atoms with Gasteiger partial charge in [-0.2, -0.15) is 0 Å². The van der Waals surface area contributed by atoms with Crippen molar-refractivity contribution in [2.45, 2.75) is 42.4 Å². The van der Waals surface area contributed by atoms with E-state index in [1.165, 1.54) is 23.9 Å². The molecule has 9 heteroatoms. The molecule has 7 nitrogen and oxygen atoms in total. The van der Waals surface area contributed by atoms with Crippen LogP contribution in [0.2, 0.25) is 0 Å². The fourth-order valence-electron chi connectivity index (χ4n) is 3.88. The average molecular weight is 474 g/mol. The summed E-state index contributed by atoms with van der Waals surface area (Å²) in [7, 11) is -3.81. The summed E-state index contributed by atoms with van der Waals surface area (Å²) in [6, 6.07) is 12.0. The number of likely N-dealkylation sites (tertiary alicyclic amines) is 1. The molecule has 0 spiro atoms. The van der Waals surface area contributed by atoms with E-state index in [2.05, 4.69) is 10.0 Å².